The number of carbonyl (C=O) groups is 1. The van der Waals surface area contributed by atoms with Crippen molar-refractivity contribution in [2.24, 2.45) is 5.92 Å². The fraction of sp³-hybridized carbons (Fsp3) is 0.286. The van der Waals surface area contributed by atoms with E-state index in [1.807, 2.05) is 13.8 Å². The predicted molar refractivity (Wildman–Crippen MR) is 103 cm³/mol. The Hall–Kier alpha value is -3.22. The van der Waals surface area contributed by atoms with Crippen molar-refractivity contribution in [1.82, 2.24) is 9.78 Å². The van der Waals surface area contributed by atoms with Crippen molar-refractivity contribution in [3.05, 3.63) is 70.4 Å². The van der Waals surface area contributed by atoms with Crippen LogP contribution >= 0.6 is 0 Å². The first kappa shape index (κ1) is 19.5. The number of rotatable bonds is 7. The number of ether oxygens (including phenoxy) is 2. The maximum absolute atomic E-state index is 12.9. The van der Waals surface area contributed by atoms with E-state index in [2.05, 4.69) is 5.10 Å². The summed E-state index contributed by atoms with van der Waals surface area (Å²) in [6.07, 6.45) is 0. The van der Waals surface area contributed by atoms with Gasteiger partial charge in [-0.1, -0.05) is 32.0 Å². The zero-order chi connectivity index (χ0) is 20.1. The van der Waals surface area contributed by atoms with Gasteiger partial charge < -0.3 is 9.47 Å². The molecule has 1 heterocycles. The SMILES string of the molecule is CC(C)Cn1nc(C(=O)OCCOc2ccc(F)cc2)c2ccccc2c1=O. The van der Waals surface area contributed by atoms with Crippen LogP contribution < -0.4 is 10.3 Å². The van der Waals surface area contributed by atoms with Crippen LogP contribution in [0.25, 0.3) is 10.8 Å². The molecule has 0 atom stereocenters. The van der Waals surface area contributed by atoms with Gasteiger partial charge in [0, 0.05) is 11.9 Å². The average Bonchev–Trinajstić information content (AvgIpc) is 2.68. The van der Waals surface area contributed by atoms with E-state index in [0.29, 0.717) is 23.1 Å². The molecule has 0 radical (unpaired) electrons. The highest BCUT2D eigenvalue weighted by atomic mass is 19.1. The molecule has 0 aliphatic carbocycles. The van der Waals surface area contributed by atoms with Crippen molar-refractivity contribution < 1.29 is 18.7 Å². The maximum Gasteiger partial charge on any atom is 0.359 e. The number of esters is 1. The normalized spacial score (nSPS) is 11.0. The summed E-state index contributed by atoms with van der Waals surface area (Å²) in [5, 5.41) is 5.11. The number of carbonyl (C=O) groups excluding carboxylic acids is 1. The van der Waals surface area contributed by atoms with E-state index in [9.17, 15) is 14.0 Å². The molecule has 0 unspecified atom stereocenters. The van der Waals surface area contributed by atoms with Gasteiger partial charge in [-0.3, -0.25) is 4.79 Å². The van der Waals surface area contributed by atoms with Crippen molar-refractivity contribution >= 4 is 16.7 Å². The minimum Gasteiger partial charge on any atom is -0.490 e. The summed E-state index contributed by atoms with van der Waals surface area (Å²) in [4.78, 5) is 25.1. The molecule has 3 aromatic rings. The summed E-state index contributed by atoms with van der Waals surface area (Å²) >= 11 is 0. The Morgan fingerprint density at radius 2 is 1.75 bits per heavy atom. The van der Waals surface area contributed by atoms with Gasteiger partial charge in [-0.05, 0) is 36.2 Å². The van der Waals surface area contributed by atoms with Crippen molar-refractivity contribution in [3.63, 3.8) is 0 Å². The van der Waals surface area contributed by atoms with Crippen LogP contribution in [-0.4, -0.2) is 29.0 Å². The third-order valence-electron chi connectivity index (χ3n) is 4.00. The molecule has 0 saturated carbocycles. The number of hydrogen-bond donors (Lipinski definition) is 0. The molecule has 6 nitrogen and oxygen atoms in total. The van der Waals surface area contributed by atoms with Gasteiger partial charge in [-0.2, -0.15) is 5.10 Å². The number of hydrogen-bond acceptors (Lipinski definition) is 5. The third kappa shape index (κ3) is 4.54. The molecular weight excluding hydrogens is 363 g/mol. The van der Waals surface area contributed by atoms with Crippen molar-refractivity contribution in [3.8, 4) is 5.75 Å². The van der Waals surface area contributed by atoms with Crippen molar-refractivity contribution in [2.75, 3.05) is 13.2 Å². The largest absolute Gasteiger partial charge is 0.490 e. The number of benzene rings is 2. The number of aromatic nitrogens is 2. The van der Waals surface area contributed by atoms with Gasteiger partial charge >= 0.3 is 5.97 Å². The first-order valence-electron chi connectivity index (χ1n) is 9.01. The molecule has 0 bridgehead atoms. The minimum absolute atomic E-state index is 0.00444. The van der Waals surface area contributed by atoms with Gasteiger partial charge in [0.05, 0.1) is 5.39 Å². The van der Waals surface area contributed by atoms with E-state index >= 15 is 0 Å². The quantitative estimate of drug-likeness (QED) is 0.461. The Morgan fingerprint density at radius 3 is 2.43 bits per heavy atom. The molecule has 0 N–H and O–H groups in total. The van der Waals surface area contributed by atoms with Crippen LogP contribution in [0.5, 0.6) is 5.75 Å². The fourth-order valence-electron chi connectivity index (χ4n) is 2.75. The Morgan fingerprint density at radius 1 is 1.07 bits per heavy atom. The highest BCUT2D eigenvalue weighted by molar-refractivity contribution is 6.02. The first-order chi connectivity index (χ1) is 13.5. The summed E-state index contributed by atoms with van der Waals surface area (Å²) in [6, 6.07) is 12.4. The molecule has 0 aliphatic heterocycles. The van der Waals surface area contributed by atoms with E-state index in [1.165, 1.54) is 28.9 Å². The molecule has 0 aliphatic rings. The molecule has 1 aromatic heterocycles. The topological polar surface area (TPSA) is 70.4 Å². The molecule has 3 rings (SSSR count). The number of halogens is 1. The molecule has 2 aromatic carbocycles. The lowest BCUT2D eigenvalue weighted by molar-refractivity contribution is 0.0443. The monoisotopic (exact) mass is 384 g/mol. The zero-order valence-corrected chi connectivity index (χ0v) is 15.7. The molecule has 7 heteroatoms. The number of fused-ring (bicyclic) bond motifs is 1. The van der Waals surface area contributed by atoms with Crippen LogP contribution in [0.2, 0.25) is 0 Å². The molecule has 146 valence electrons. The smallest absolute Gasteiger partial charge is 0.359 e. The van der Waals surface area contributed by atoms with E-state index < -0.39 is 5.97 Å². The Labute approximate surface area is 161 Å². The van der Waals surface area contributed by atoms with Crippen molar-refractivity contribution in [2.45, 2.75) is 20.4 Å². The molecule has 0 spiro atoms. The Bertz CT molecular complexity index is 1030. The van der Waals surface area contributed by atoms with Crippen LogP contribution in [0.1, 0.15) is 24.3 Å². The highest BCUT2D eigenvalue weighted by Gasteiger charge is 2.18. The first-order valence-corrected chi connectivity index (χ1v) is 9.01. The summed E-state index contributed by atoms with van der Waals surface area (Å²) in [7, 11) is 0. The van der Waals surface area contributed by atoms with E-state index in [-0.39, 0.29) is 36.2 Å². The second-order valence-corrected chi connectivity index (χ2v) is 6.71. The van der Waals surface area contributed by atoms with Gasteiger partial charge in [0.2, 0.25) is 0 Å². The van der Waals surface area contributed by atoms with Gasteiger partial charge in [-0.25, -0.2) is 13.9 Å². The van der Waals surface area contributed by atoms with Crippen LogP contribution in [0.4, 0.5) is 4.39 Å². The van der Waals surface area contributed by atoms with Gasteiger partial charge in [0.15, 0.2) is 5.69 Å². The molecule has 28 heavy (non-hydrogen) atoms. The van der Waals surface area contributed by atoms with E-state index in [0.717, 1.165) is 0 Å². The summed E-state index contributed by atoms with van der Waals surface area (Å²) in [5.41, 5.74) is -0.141. The summed E-state index contributed by atoms with van der Waals surface area (Å²) in [6.45, 7) is 4.44. The zero-order valence-electron chi connectivity index (χ0n) is 15.7. The second kappa shape index (κ2) is 8.65. The molecular formula is C21H21FN2O4. The van der Waals surface area contributed by atoms with Crippen molar-refractivity contribution in [1.29, 1.82) is 0 Å². The highest BCUT2D eigenvalue weighted by Crippen LogP contribution is 2.15. The lowest BCUT2D eigenvalue weighted by Crippen LogP contribution is -2.28. The summed E-state index contributed by atoms with van der Waals surface area (Å²) in [5.74, 6) is -0.310. The van der Waals surface area contributed by atoms with Crippen LogP contribution in [-0.2, 0) is 11.3 Å². The molecule has 0 amide bonds. The average molecular weight is 384 g/mol. The number of nitrogens with zero attached hydrogens (tertiary/aromatic N) is 2. The van der Waals surface area contributed by atoms with Gasteiger partial charge in [0.25, 0.3) is 5.56 Å². The predicted octanol–water partition coefficient (Wildman–Crippen LogP) is 3.43. The second-order valence-electron chi connectivity index (χ2n) is 6.71. The Kier molecular flexibility index (Phi) is 6.03. The van der Waals surface area contributed by atoms with E-state index in [4.69, 9.17) is 9.47 Å². The minimum atomic E-state index is -0.628. The van der Waals surface area contributed by atoms with Gasteiger partial charge in [-0.15, -0.1) is 0 Å². The van der Waals surface area contributed by atoms with Gasteiger partial charge in [0.1, 0.15) is 24.8 Å². The lowest BCUT2D eigenvalue weighted by Gasteiger charge is -2.12. The molecule has 0 fully saturated rings. The fourth-order valence-corrected chi connectivity index (χ4v) is 2.75. The third-order valence-corrected chi connectivity index (χ3v) is 4.00. The lowest BCUT2D eigenvalue weighted by atomic mass is 10.1. The van der Waals surface area contributed by atoms with Crippen LogP contribution in [0.3, 0.4) is 0 Å². The van der Waals surface area contributed by atoms with Crippen LogP contribution in [0.15, 0.2) is 53.3 Å². The molecule has 0 saturated heterocycles. The summed E-state index contributed by atoms with van der Waals surface area (Å²) < 4.78 is 24.9. The standard InChI is InChI=1S/C21H21FN2O4/c1-14(2)13-24-20(25)18-6-4-3-5-17(18)19(23-24)21(26)28-12-11-27-16-9-7-15(22)8-10-16/h3-10,14H,11-13H2,1-2H3. The Balaban J connectivity index is 1.74. The van der Waals surface area contributed by atoms with Crippen LogP contribution in [0, 0.1) is 11.7 Å². The maximum atomic E-state index is 12.9. The van der Waals surface area contributed by atoms with E-state index in [1.54, 1.807) is 24.3 Å².